The van der Waals surface area contributed by atoms with Gasteiger partial charge in [0.05, 0.1) is 39.3 Å². The van der Waals surface area contributed by atoms with Crippen molar-refractivity contribution in [2.24, 2.45) is 0 Å². The molecule has 0 bridgehead atoms. The van der Waals surface area contributed by atoms with Gasteiger partial charge in [-0.3, -0.25) is 0 Å². The normalized spacial score (nSPS) is 12.5. The maximum absolute atomic E-state index is 6.08. The molecular formula is C12H10Cl3NO. The molecule has 0 radical (unpaired) electrons. The first kappa shape index (κ1) is 12.6. The quantitative estimate of drug-likeness (QED) is 0.764. The lowest BCUT2D eigenvalue weighted by Gasteiger charge is -2.15. The number of halogens is 3. The van der Waals surface area contributed by atoms with E-state index in [0.29, 0.717) is 15.1 Å². The van der Waals surface area contributed by atoms with Gasteiger partial charge in [-0.05, 0) is 25.1 Å². The summed E-state index contributed by atoms with van der Waals surface area (Å²) in [6.07, 6.45) is 3.31. The topological polar surface area (TPSA) is 25.2 Å². The third-order valence-electron chi connectivity index (χ3n) is 2.43. The van der Waals surface area contributed by atoms with Crippen molar-refractivity contribution in [3.63, 3.8) is 0 Å². The summed E-state index contributed by atoms with van der Waals surface area (Å²) in [6.45, 7) is 2.00. The van der Waals surface area contributed by atoms with Gasteiger partial charge in [0.2, 0.25) is 0 Å². The summed E-state index contributed by atoms with van der Waals surface area (Å²) < 4.78 is 5.03. The molecule has 2 nitrogen and oxygen atoms in total. The van der Waals surface area contributed by atoms with Gasteiger partial charge in [-0.2, -0.15) is 0 Å². The summed E-state index contributed by atoms with van der Waals surface area (Å²) >= 11 is 17.9. The lowest BCUT2D eigenvalue weighted by atomic mass is 10.1. The zero-order chi connectivity index (χ0) is 12.4. The van der Waals surface area contributed by atoms with Gasteiger partial charge in [0.1, 0.15) is 0 Å². The second-order valence-corrected chi connectivity index (χ2v) is 4.89. The van der Waals surface area contributed by atoms with E-state index in [9.17, 15) is 0 Å². The Kier molecular flexibility index (Phi) is 3.87. The highest BCUT2D eigenvalue weighted by atomic mass is 35.5. The molecule has 1 N–H and O–H groups in total. The number of rotatable bonds is 3. The summed E-state index contributed by atoms with van der Waals surface area (Å²) in [5.74, 6) is 0. The van der Waals surface area contributed by atoms with Crippen LogP contribution in [-0.4, -0.2) is 0 Å². The highest BCUT2D eigenvalue weighted by Crippen LogP contribution is 2.34. The molecule has 1 heterocycles. The van der Waals surface area contributed by atoms with E-state index in [4.69, 9.17) is 39.2 Å². The summed E-state index contributed by atoms with van der Waals surface area (Å²) in [5.41, 5.74) is 1.78. The monoisotopic (exact) mass is 289 g/mol. The SMILES string of the molecule is CC(Nc1cc(Cl)c(Cl)cc1Cl)c1ccoc1. The third kappa shape index (κ3) is 2.89. The zero-order valence-corrected chi connectivity index (χ0v) is 11.3. The Morgan fingerprint density at radius 1 is 1.12 bits per heavy atom. The van der Waals surface area contributed by atoms with Gasteiger partial charge >= 0.3 is 0 Å². The molecule has 0 aliphatic heterocycles. The van der Waals surface area contributed by atoms with Crippen LogP contribution in [0.2, 0.25) is 15.1 Å². The molecule has 1 atom stereocenters. The van der Waals surface area contributed by atoms with Crippen LogP contribution in [-0.2, 0) is 0 Å². The van der Waals surface area contributed by atoms with Gasteiger partial charge in [0, 0.05) is 5.56 Å². The Morgan fingerprint density at radius 2 is 1.82 bits per heavy atom. The minimum absolute atomic E-state index is 0.0727. The molecule has 5 heteroatoms. The predicted octanol–water partition coefficient (Wildman–Crippen LogP) is 5.41. The molecule has 0 aliphatic carbocycles. The molecule has 1 aromatic carbocycles. The number of hydrogen-bond donors (Lipinski definition) is 1. The fourth-order valence-electron chi connectivity index (χ4n) is 1.47. The largest absolute Gasteiger partial charge is 0.472 e. The number of nitrogens with one attached hydrogen (secondary N) is 1. The average Bonchev–Trinajstić information content (AvgIpc) is 2.79. The van der Waals surface area contributed by atoms with E-state index < -0.39 is 0 Å². The number of benzene rings is 1. The lowest BCUT2D eigenvalue weighted by Crippen LogP contribution is -2.05. The molecule has 2 aromatic rings. The van der Waals surface area contributed by atoms with E-state index >= 15 is 0 Å². The molecular weight excluding hydrogens is 280 g/mol. The second kappa shape index (κ2) is 5.21. The van der Waals surface area contributed by atoms with Crippen LogP contribution in [0.15, 0.2) is 35.1 Å². The van der Waals surface area contributed by atoms with Crippen LogP contribution in [0.1, 0.15) is 18.5 Å². The molecule has 2 rings (SSSR count). The molecule has 0 fully saturated rings. The summed E-state index contributed by atoms with van der Waals surface area (Å²) in [4.78, 5) is 0. The lowest BCUT2D eigenvalue weighted by molar-refractivity contribution is 0.562. The Bertz CT molecular complexity index is 511. The fraction of sp³-hybridized carbons (Fsp3) is 0.167. The molecule has 0 saturated carbocycles. The predicted molar refractivity (Wildman–Crippen MR) is 72.2 cm³/mol. The smallest absolute Gasteiger partial charge is 0.0955 e. The second-order valence-electron chi connectivity index (χ2n) is 3.67. The van der Waals surface area contributed by atoms with Crippen molar-refractivity contribution in [3.05, 3.63) is 51.4 Å². The van der Waals surface area contributed by atoms with Crippen molar-refractivity contribution >= 4 is 40.5 Å². The van der Waals surface area contributed by atoms with Crippen molar-refractivity contribution in [2.45, 2.75) is 13.0 Å². The van der Waals surface area contributed by atoms with E-state index in [1.807, 2.05) is 13.0 Å². The summed E-state index contributed by atoms with van der Waals surface area (Å²) in [7, 11) is 0. The zero-order valence-electron chi connectivity index (χ0n) is 9.01. The van der Waals surface area contributed by atoms with Crippen molar-refractivity contribution in [2.75, 3.05) is 5.32 Å². The molecule has 1 unspecified atom stereocenters. The fourth-order valence-corrected chi connectivity index (χ4v) is 2.07. The standard InChI is InChI=1S/C12H10Cl3NO/c1-7(8-2-3-17-6-8)16-12-5-10(14)9(13)4-11(12)15/h2-7,16H,1H3. The first-order valence-electron chi connectivity index (χ1n) is 5.01. The summed E-state index contributed by atoms with van der Waals surface area (Å²) in [6, 6.07) is 5.30. The van der Waals surface area contributed by atoms with Crippen LogP contribution in [0.4, 0.5) is 5.69 Å². The first-order chi connectivity index (χ1) is 8.08. The average molecular weight is 291 g/mol. The molecule has 90 valence electrons. The van der Waals surface area contributed by atoms with Crippen LogP contribution in [0.25, 0.3) is 0 Å². The third-order valence-corrected chi connectivity index (χ3v) is 3.46. The van der Waals surface area contributed by atoms with Crippen molar-refractivity contribution in [1.82, 2.24) is 0 Å². The van der Waals surface area contributed by atoms with Crippen LogP contribution in [0, 0.1) is 0 Å². The van der Waals surface area contributed by atoms with E-state index in [1.54, 1.807) is 24.7 Å². The maximum atomic E-state index is 6.08. The maximum Gasteiger partial charge on any atom is 0.0955 e. The Morgan fingerprint density at radius 3 is 2.47 bits per heavy atom. The Hall–Kier alpha value is -0.830. The van der Waals surface area contributed by atoms with Crippen LogP contribution >= 0.6 is 34.8 Å². The van der Waals surface area contributed by atoms with Crippen molar-refractivity contribution < 1.29 is 4.42 Å². The molecule has 0 amide bonds. The molecule has 0 spiro atoms. The highest BCUT2D eigenvalue weighted by molar-refractivity contribution is 6.44. The number of hydrogen-bond acceptors (Lipinski definition) is 2. The van der Waals surface area contributed by atoms with E-state index in [1.165, 1.54) is 0 Å². The molecule has 17 heavy (non-hydrogen) atoms. The van der Waals surface area contributed by atoms with Crippen LogP contribution in [0.3, 0.4) is 0 Å². The van der Waals surface area contributed by atoms with Crippen molar-refractivity contribution in [3.8, 4) is 0 Å². The van der Waals surface area contributed by atoms with Crippen LogP contribution in [0.5, 0.6) is 0 Å². The number of furan rings is 1. The minimum Gasteiger partial charge on any atom is -0.472 e. The molecule has 0 saturated heterocycles. The summed E-state index contributed by atoms with van der Waals surface area (Å²) in [5, 5.41) is 4.70. The van der Waals surface area contributed by atoms with E-state index in [0.717, 1.165) is 11.3 Å². The van der Waals surface area contributed by atoms with Gasteiger partial charge in [-0.15, -0.1) is 0 Å². The van der Waals surface area contributed by atoms with Gasteiger partial charge < -0.3 is 9.73 Å². The van der Waals surface area contributed by atoms with Crippen LogP contribution < -0.4 is 5.32 Å². The first-order valence-corrected chi connectivity index (χ1v) is 6.14. The van der Waals surface area contributed by atoms with Crippen molar-refractivity contribution in [1.29, 1.82) is 0 Å². The van der Waals surface area contributed by atoms with E-state index in [2.05, 4.69) is 5.32 Å². The highest BCUT2D eigenvalue weighted by Gasteiger charge is 2.10. The van der Waals surface area contributed by atoms with Gasteiger partial charge in [0.15, 0.2) is 0 Å². The molecule has 0 aliphatic rings. The van der Waals surface area contributed by atoms with Gasteiger partial charge in [-0.1, -0.05) is 34.8 Å². The Balaban J connectivity index is 2.22. The molecule has 1 aromatic heterocycles. The van der Waals surface area contributed by atoms with E-state index in [-0.39, 0.29) is 6.04 Å². The number of anilines is 1. The van der Waals surface area contributed by atoms with Gasteiger partial charge in [-0.25, -0.2) is 0 Å². The minimum atomic E-state index is 0.0727. The van der Waals surface area contributed by atoms with Gasteiger partial charge in [0.25, 0.3) is 0 Å². The Labute approximate surface area is 114 Å².